The Morgan fingerprint density at radius 2 is 2.04 bits per heavy atom. The van der Waals surface area contributed by atoms with E-state index >= 15 is 0 Å². The molecule has 3 heterocycles. The predicted molar refractivity (Wildman–Crippen MR) is 89.3 cm³/mol. The Morgan fingerprint density at radius 3 is 2.57 bits per heavy atom. The van der Waals surface area contributed by atoms with Gasteiger partial charge in [-0.3, -0.25) is 4.79 Å². The SMILES string of the molecule is Cc1nc(-c2ccc(C(=O)N3CC4CC3CS4(=O)=O)cc2)cs1. The average Bonchev–Trinajstić information content (AvgIpc) is 3.20. The number of carbonyl (C=O) groups excluding carboxylic acids is 1. The summed E-state index contributed by atoms with van der Waals surface area (Å²) in [6.45, 7) is 2.29. The van der Waals surface area contributed by atoms with E-state index in [-0.39, 0.29) is 23.0 Å². The number of aryl methyl sites for hydroxylation is 1. The van der Waals surface area contributed by atoms with E-state index in [9.17, 15) is 13.2 Å². The van der Waals surface area contributed by atoms with Crippen molar-refractivity contribution in [2.45, 2.75) is 24.6 Å². The highest BCUT2D eigenvalue weighted by Gasteiger charge is 2.50. The second kappa shape index (κ2) is 5.14. The summed E-state index contributed by atoms with van der Waals surface area (Å²) in [5.74, 6) is 0.0352. The Hall–Kier alpha value is -1.73. The maximum absolute atomic E-state index is 12.6. The van der Waals surface area contributed by atoms with E-state index in [1.807, 2.05) is 24.4 Å². The lowest BCUT2D eigenvalue weighted by molar-refractivity contribution is 0.0746. The Morgan fingerprint density at radius 1 is 1.30 bits per heavy atom. The summed E-state index contributed by atoms with van der Waals surface area (Å²) >= 11 is 1.59. The van der Waals surface area contributed by atoms with Crippen LogP contribution in [0, 0.1) is 6.92 Å². The molecule has 2 aliphatic rings. The molecular formula is C16H16N2O3S2. The Bertz CT molecular complexity index is 871. The van der Waals surface area contributed by atoms with Crippen LogP contribution in [0.15, 0.2) is 29.6 Å². The first-order chi connectivity index (χ1) is 10.9. The van der Waals surface area contributed by atoms with Crippen LogP contribution in [0.5, 0.6) is 0 Å². The molecule has 2 atom stereocenters. The quantitative estimate of drug-likeness (QED) is 0.834. The van der Waals surface area contributed by atoms with Crippen molar-refractivity contribution in [1.29, 1.82) is 0 Å². The van der Waals surface area contributed by atoms with Crippen LogP contribution in [-0.4, -0.2) is 47.8 Å². The van der Waals surface area contributed by atoms with E-state index < -0.39 is 9.84 Å². The van der Waals surface area contributed by atoms with Gasteiger partial charge in [0, 0.05) is 29.1 Å². The van der Waals surface area contributed by atoms with Crippen LogP contribution >= 0.6 is 11.3 Å². The molecule has 23 heavy (non-hydrogen) atoms. The van der Waals surface area contributed by atoms with Gasteiger partial charge in [-0.2, -0.15) is 0 Å². The minimum absolute atomic E-state index is 0.0755. The zero-order chi connectivity index (χ0) is 16.2. The maximum atomic E-state index is 12.6. The Balaban J connectivity index is 1.54. The molecule has 2 aromatic rings. The number of sulfone groups is 1. The second-order valence-electron chi connectivity index (χ2n) is 6.13. The Kier molecular flexibility index (Phi) is 3.32. The van der Waals surface area contributed by atoms with Crippen molar-refractivity contribution in [2.24, 2.45) is 0 Å². The monoisotopic (exact) mass is 348 g/mol. The van der Waals surface area contributed by atoms with Gasteiger partial charge in [0.15, 0.2) is 9.84 Å². The molecule has 0 spiro atoms. The summed E-state index contributed by atoms with van der Waals surface area (Å²) in [6, 6.07) is 7.23. The largest absolute Gasteiger partial charge is 0.333 e. The third-order valence-corrected chi connectivity index (χ3v) is 7.60. The fourth-order valence-corrected chi connectivity index (χ4v) is 6.04. The molecule has 0 saturated carbocycles. The van der Waals surface area contributed by atoms with Crippen molar-refractivity contribution < 1.29 is 13.2 Å². The fraction of sp³-hybridized carbons (Fsp3) is 0.375. The summed E-state index contributed by atoms with van der Waals surface area (Å²) in [5, 5.41) is 2.64. The Labute approximate surface area is 138 Å². The molecule has 2 unspecified atom stereocenters. The van der Waals surface area contributed by atoms with Crippen LogP contribution in [0.2, 0.25) is 0 Å². The molecule has 2 saturated heterocycles. The molecule has 5 nitrogen and oxygen atoms in total. The van der Waals surface area contributed by atoms with Crippen LogP contribution in [0.1, 0.15) is 21.8 Å². The lowest BCUT2D eigenvalue weighted by atomic mass is 10.1. The van der Waals surface area contributed by atoms with E-state index in [1.54, 1.807) is 28.4 Å². The summed E-state index contributed by atoms with van der Waals surface area (Å²) in [4.78, 5) is 18.8. The smallest absolute Gasteiger partial charge is 0.254 e. The molecule has 2 bridgehead atoms. The van der Waals surface area contributed by atoms with Gasteiger partial charge in [-0.1, -0.05) is 12.1 Å². The minimum Gasteiger partial charge on any atom is -0.333 e. The van der Waals surface area contributed by atoms with Gasteiger partial charge in [0.25, 0.3) is 5.91 Å². The van der Waals surface area contributed by atoms with E-state index in [0.29, 0.717) is 18.5 Å². The highest BCUT2D eigenvalue weighted by Crippen LogP contribution is 2.34. The summed E-state index contributed by atoms with van der Waals surface area (Å²) < 4.78 is 23.6. The number of nitrogens with zero attached hydrogens (tertiary/aromatic N) is 2. The number of fused-ring (bicyclic) bond motifs is 2. The standard InChI is InChI=1S/C16H16N2O3S2/c1-10-17-15(8-22-10)11-2-4-12(5-3-11)16(19)18-7-14-6-13(18)9-23(14,20)21/h2-5,8,13-14H,6-7,9H2,1H3. The van der Waals surface area contributed by atoms with Crippen molar-refractivity contribution in [3.05, 3.63) is 40.2 Å². The number of aromatic nitrogens is 1. The fourth-order valence-electron chi connectivity index (χ4n) is 3.39. The zero-order valence-corrected chi connectivity index (χ0v) is 14.2. The third-order valence-electron chi connectivity index (χ3n) is 4.62. The van der Waals surface area contributed by atoms with Gasteiger partial charge in [-0.25, -0.2) is 13.4 Å². The number of amides is 1. The van der Waals surface area contributed by atoms with Gasteiger partial charge in [-0.05, 0) is 25.5 Å². The van der Waals surface area contributed by atoms with E-state index in [4.69, 9.17) is 0 Å². The predicted octanol–water partition coefficient (Wildman–Crippen LogP) is 2.13. The first kappa shape index (κ1) is 14.8. The number of hydrogen-bond acceptors (Lipinski definition) is 5. The van der Waals surface area contributed by atoms with Gasteiger partial charge in [-0.15, -0.1) is 11.3 Å². The average molecular weight is 348 g/mol. The third kappa shape index (κ3) is 2.48. The number of thiazole rings is 1. The first-order valence-corrected chi connectivity index (χ1v) is 10.1. The molecule has 1 aromatic carbocycles. The van der Waals surface area contributed by atoms with Crippen LogP contribution in [0.4, 0.5) is 0 Å². The van der Waals surface area contributed by atoms with Crippen molar-refractivity contribution in [2.75, 3.05) is 12.3 Å². The van der Waals surface area contributed by atoms with Crippen molar-refractivity contribution >= 4 is 27.1 Å². The van der Waals surface area contributed by atoms with Crippen LogP contribution < -0.4 is 0 Å². The van der Waals surface area contributed by atoms with E-state index in [1.165, 1.54) is 0 Å². The molecule has 0 N–H and O–H groups in total. The maximum Gasteiger partial charge on any atom is 0.254 e. The molecule has 0 aliphatic carbocycles. The summed E-state index contributed by atoms with van der Waals surface area (Å²) in [7, 11) is -2.98. The van der Waals surface area contributed by atoms with E-state index in [2.05, 4.69) is 4.98 Å². The lowest BCUT2D eigenvalue weighted by Crippen LogP contribution is -2.44. The van der Waals surface area contributed by atoms with Gasteiger partial charge in [0.2, 0.25) is 0 Å². The number of likely N-dealkylation sites (tertiary alicyclic amines) is 1. The van der Waals surface area contributed by atoms with Crippen molar-refractivity contribution in [1.82, 2.24) is 9.88 Å². The topological polar surface area (TPSA) is 67.3 Å². The zero-order valence-electron chi connectivity index (χ0n) is 12.6. The highest BCUT2D eigenvalue weighted by molar-refractivity contribution is 7.92. The van der Waals surface area contributed by atoms with Crippen LogP contribution in [-0.2, 0) is 9.84 Å². The van der Waals surface area contributed by atoms with Gasteiger partial charge >= 0.3 is 0 Å². The highest BCUT2D eigenvalue weighted by atomic mass is 32.2. The summed E-state index contributed by atoms with van der Waals surface area (Å²) in [5.41, 5.74) is 2.50. The number of rotatable bonds is 2. The molecule has 4 rings (SSSR count). The van der Waals surface area contributed by atoms with Crippen LogP contribution in [0.3, 0.4) is 0 Å². The van der Waals surface area contributed by atoms with Gasteiger partial charge in [0.05, 0.1) is 21.7 Å². The van der Waals surface area contributed by atoms with Crippen molar-refractivity contribution in [3.63, 3.8) is 0 Å². The first-order valence-electron chi connectivity index (χ1n) is 7.49. The minimum atomic E-state index is -2.98. The molecule has 1 aromatic heterocycles. The number of benzene rings is 1. The molecule has 0 radical (unpaired) electrons. The van der Waals surface area contributed by atoms with Crippen molar-refractivity contribution in [3.8, 4) is 11.3 Å². The molecule has 2 aliphatic heterocycles. The van der Waals surface area contributed by atoms with E-state index in [0.717, 1.165) is 16.3 Å². The normalized spacial score (nSPS) is 25.0. The second-order valence-corrected chi connectivity index (χ2v) is 9.52. The molecule has 120 valence electrons. The molecule has 7 heteroatoms. The number of carbonyl (C=O) groups is 1. The number of hydrogen-bond donors (Lipinski definition) is 0. The molecule has 2 fully saturated rings. The molecule has 1 amide bonds. The van der Waals surface area contributed by atoms with Crippen LogP contribution in [0.25, 0.3) is 11.3 Å². The lowest BCUT2D eigenvalue weighted by Gasteiger charge is -2.27. The van der Waals surface area contributed by atoms with Gasteiger partial charge < -0.3 is 4.90 Å². The van der Waals surface area contributed by atoms with Gasteiger partial charge in [0.1, 0.15) is 0 Å². The summed E-state index contributed by atoms with van der Waals surface area (Å²) in [6.07, 6.45) is 0.588. The molecular weight excluding hydrogens is 332 g/mol.